The molecule has 10 heteroatoms. The summed E-state index contributed by atoms with van der Waals surface area (Å²) in [5, 5.41) is 16.7. The smallest absolute Gasteiger partial charge is 0.394 e. The van der Waals surface area contributed by atoms with Crippen LogP contribution < -0.4 is 0 Å². The summed E-state index contributed by atoms with van der Waals surface area (Å²) in [6, 6.07) is 0. The van der Waals surface area contributed by atoms with Gasteiger partial charge in [-0.3, -0.25) is 4.52 Å². The molecule has 0 aromatic heterocycles. The summed E-state index contributed by atoms with van der Waals surface area (Å²) in [6.45, 7) is -1.15. The van der Waals surface area contributed by atoms with Crippen LogP contribution in [0.5, 0.6) is 0 Å². The zero-order chi connectivity index (χ0) is 8.20. The Labute approximate surface area is 124 Å². The fourth-order valence-electron chi connectivity index (χ4n) is 0.236. The van der Waals surface area contributed by atoms with Crippen molar-refractivity contribution in [3.63, 3.8) is 0 Å². The van der Waals surface area contributed by atoms with Gasteiger partial charge in [0.25, 0.3) is 0 Å². The van der Waals surface area contributed by atoms with E-state index < -0.39 is 27.1 Å². The maximum Gasteiger partial charge on any atom is 0.469 e. The summed E-state index contributed by atoms with van der Waals surface area (Å²) in [7, 11) is -4.50. The second-order valence-electron chi connectivity index (χ2n) is 1.62. The van der Waals surface area contributed by atoms with E-state index in [0.717, 1.165) is 0 Å². The molecule has 1 unspecified atom stereocenters. The molecule has 0 radical (unpaired) electrons. The second-order valence-corrected chi connectivity index (χ2v) is 2.86. The molecule has 0 fully saturated rings. The van der Waals surface area contributed by atoms with Gasteiger partial charge in [0.05, 0.1) is 13.2 Å². The molecule has 0 saturated carbocycles. The Morgan fingerprint density at radius 1 is 1.23 bits per heavy atom. The number of phosphoric ester groups is 1. The molecule has 1 atom stereocenters. The van der Waals surface area contributed by atoms with Gasteiger partial charge in [-0.2, -0.15) is 0 Å². The van der Waals surface area contributed by atoms with Gasteiger partial charge in [-0.1, -0.05) is 0 Å². The predicted molar refractivity (Wildman–Crippen MR) is 56.7 cm³/mol. The van der Waals surface area contributed by atoms with Crippen LogP contribution in [-0.2, 0) is 9.09 Å². The first-order valence-corrected chi connectivity index (χ1v) is 3.98. The number of hydrogen-bond acceptors (Lipinski definition) is 4. The van der Waals surface area contributed by atoms with Crippen LogP contribution in [0.1, 0.15) is 0 Å². The van der Waals surface area contributed by atoms with Crippen molar-refractivity contribution in [1.82, 2.24) is 0 Å². The average Bonchev–Trinajstić information content (AvgIpc) is 1.81. The van der Waals surface area contributed by atoms with Crippen molar-refractivity contribution in [3.8, 4) is 0 Å². The first kappa shape index (κ1) is 24.5. The molecule has 0 bridgehead atoms. The average molecular weight is 251 g/mol. The Balaban J connectivity index is -0.000000135. The largest absolute Gasteiger partial charge is 0.469 e. The van der Waals surface area contributed by atoms with E-state index in [0.29, 0.717) is 0 Å². The lowest BCUT2D eigenvalue weighted by molar-refractivity contribution is 0.0419. The molecule has 0 spiro atoms. The molecular formula is C3H15Mg3O6P. The summed E-state index contributed by atoms with van der Waals surface area (Å²) in [5.41, 5.74) is 0. The number of phosphoric acid groups is 1. The van der Waals surface area contributed by atoms with Crippen molar-refractivity contribution in [1.29, 1.82) is 0 Å². The molecule has 0 aliphatic carbocycles. The quantitative estimate of drug-likeness (QED) is 0.297. The molecule has 0 saturated heterocycles. The summed E-state index contributed by atoms with van der Waals surface area (Å²) < 4.78 is 13.8. The SMILES string of the molecule is O=P(O)(O)OCC(O)CO.[MgH2].[MgH2].[MgH2]. The van der Waals surface area contributed by atoms with Gasteiger partial charge in [-0.25, -0.2) is 4.57 Å². The first-order chi connectivity index (χ1) is 4.45. The maximum absolute atomic E-state index is 9.93. The fourth-order valence-corrected chi connectivity index (χ4v) is 0.602. The molecule has 0 rings (SSSR count). The van der Waals surface area contributed by atoms with E-state index in [4.69, 9.17) is 20.0 Å². The van der Waals surface area contributed by atoms with Gasteiger partial charge < -0.3 is 20.0 Å². The Kier molecular flexibility index (Phi) is 23.4. The number of aliphatic hydroxyl groups excluding tert-OH is 2. The summed E-state index contributed by atoms with van der Waals surface area (Å²) >= 11 is 0. The van der Waals surface area contributed by atoms with Crippen molar-refractivity contribution in [3.05, 3.63) is 0 Å². The second kappa shape index (κ2) is 12.4. The molecular weight excluding hydrogens is 236 g/mol. The molecule has 0 heterocycles. The molecule has 0 aromatic carbocycles. The molecule has 6 nitrogen and oxygen atoms in total. The van der Waals surface area contributed by atoms with Gasteiger partial charge in [0.2, 0.25) is 0 Å². The van der Waals surface area contributed by atoms with Gasteiger partial charge >= 0.3 is 77.0 Å². The van der Waals surface area contributed by atoms with E-state index >= 15 is 0 Å². The van der Waals surface area contributed by atoms with Crippen LogP contribution >= 0.6 is 7.82 Å². The fraction of sp³-hybridized carbons (Fsp3) is 1.00. The molecule has 74 valence electrons. The van der Waals surface area contributed by atoms with Crippen LogP contribution in [-0.4, -0.2) is 108 Å². The number of aliphatic hydroxyl groups is 2. The van der Waals surface area contributed by atoms with Crippen LogP contribution in [0.15, 0.2) is 0 Å². The molecule has 0 aliphatic heterocycles. The third-order valence-electron chi connectivity index (χ3n) is 0.646. The highest BCUT2D eigenvalue weighted by Crippen LogP contribution is 2.35. The monoisotopic (exact) mass is 250 g/mol. The number of rotatable bonds is 4. The number of hydrogen-bond donors (Lipinski definition) is 4. The van der Waals surface area contributed by atoms with E-state index in [-0.39, 0.29) is 69.2 Å². The van der Waals surface area contributed by atoms with E-state index in [2.05, 4.69) is 4.52 Å². The van der Waals surface area contributed by atoms with Crippen LogP contribution in [0.25, 0.3) is 0 Å². The molecule has 0 aromatic rings. The summed E-state index contributed by atoms with van der Waals surface area (Å²) in [6.07, 6.45) is -1.24. The van der Waals surface area contributed by atoms with Crippen LogP contribution in [0, 0.1) is 0 Å². The van der Waals surface area contributed by atoms with Crippen molar-refractivity contribution >= 4 is 77.0 Å². The van der Waals surface area contributed by atoms with Gasteiger partial charge in [0.1, 0.15) is 6.10 Å². The summed E-state index contributed by atoms with van der Waals surface area (Å²) in [4.78, 5) is 16.1. The van der Waals surface area contributed by atoms with Gasteiger partial charge in [-0.15, -0.1) is 0 Å². The van der Waals surface area contributed by atoms with Gasteiger partial charge in [0.15, 0.2) is 0 Å². The highest BCUT2D eigenvalue weighted by molar-refractivity contribution is 7.46. The molecule has 13 heavy (non-hydrogen) atoms. The third-order valence-corrected chi connectivity index (χ3v) is 1.13. The lowest BCUT2D eigenvalue weighted by Crippen LogP contribution is -2.18. The minimum atomic E-state index is -4.50. The van der Waals surface area contributed by atoms with Crippen LogP contribution in [0.4, 0.5) is 0 Å². The Bertz CT molecular complexity index is 139. The lowest BCUT2D eigenvalue weighted by Gasteiger charge is -2.07. The zero-order valence-electron chi connectivity index (χ0n) is 5.04. The standard InChI is InChI=1S/C3H9O6P.3Mg.6H/c4-1-3(5)2-9-10(6,7)8;;;;;;;;;/h3-5H,1-2H2,(H2,6,7,8);;;;;;;;;. The maximum atomic E-state index is 9.93. The van der Waals surface area contributed by atoms with Crippen molar-refractivity contribution in [2.45, 2.75) is 6.10 Å². The third kappa shape index (κ3) is 20.4. The zero-order valence-corrected chi connectivity index (χ0v) is 5.94. The molecule has 0 aliphatic rings. The predicted octanol–water partition coefficient (Wildman–Crippen LogP) is -4.30. The topological polar surface area (TPSA) is 107 Å². The highest BCUT2D eigenvalue weighted by atomic mass is 31.2. The lowest BCUT2D eigenvalue weighted by atomic mass is 10.4. The van der Waals surface area contributed by atoms with E-state index in [1.807, 2.05) is 0 Å². The Morgan fingerprint density at radius 3 is 1.85 bits per heavy atom. The minimum Gasteiger partial charge on any atom is -0.394 e. The Hall–Kier alpha value is 2.33. The van der Waals surface area contributed by atoms with Crippen LogP contribution in [0.2, 0.25) is 0 Å². The van der Waals surface area contributed by atoms with Gasteiger partial charge in [-0.05, 0) is 0 Å². The Morgan fingerprint density at radius 2 is 1.62 bits per heavy atom. The van der Waals surface area contributed by atoms with E-state index in [1.165, 1.54) is 0 Å². The molecule has 4 N–H and O–H groups in total. The van der Waals surface area contributed by atoms with Crippen molar-refractivity contribution in [2.24, 2.45) is 0 Å². The van der Waals surface area contributed by atoms with Gasteiger partial charge in [0, 0.05) is 0 Å². The van der Waals surface area contributed by atoms with E-state index in [9.17, 15) is 4.57 Å². The molecule has 0 amide bonds. The van der Waals surface area contributed by atoms with Crippen molar-refractivity contribution < 1.29 is 29.1 Å². The normalized spacial score (nSPS) is 11.7. The van der Waals surface area contributed by atoms with Crippen LogP contribution in [0.3, 0.4) is 0 Å². The first-order valence-electron chi connectivity index (χ1n) is 2.44. The highest BCUT2D eigenvalue weighted by Gasteiger charge is 2.15. The summed E-state index contributed by atoms with van der Waals surface area (Å²) in [5.74, 6) is 0. The van der Waals surface area contributed by atoms with Crippen molar-refractivity contribution in [2.75, 3.05) is 13.2 Å². The van der Waals surface area contributed by atoms with E-state index in [1.54, 1.807) is 0 Å². The minimum absolute atomic E-state index is 0.